The molecule has 1 saturated heterocycles. The summed E-state index contributed by atoms with van der Waals surface area (Å²) in [7, 11) is 0. The van der Waals surface area contributed by atoms with Crippen LogP contribution in [0.25, 0.3) is 0 Å². The first-order valence-electron chi connectivity index (χ1n) is 6.74. The molecule has 1 aliphatic rings. The van der Waals surface area contributed by atoms with E-state index in [0.29, 0.717) is 0 Å². The monoisotopic (exact) mass is 343 g/mol. The molecular formula is C15H22IN. The van der Waals surface area contributed by atoms with E-state index in [1.165, 1.54) is 47.9 Å². The largest absolute Gasteiger partial charge is 0.299 e. The van der Waals surface area contributed by atoms with Crippen LogP contribution < -0.4 is 0 Å². The van der Waals surface area contributed by atoms with Crippen molar-refractivity contribution in [3.05, 3.63) is 33.4 Å². The standard InChI is InChI=1S/C15H22IN/c1-2-3-13-8-10-17(11-9-13)12-14-4-6-15(16)7-5-14/h4-7,13H,2-3,8-12H2,1H3. The zero-order valence-corrected chi connectivity index (χ0v) is 12.8. The van der Waals surface area contributed by atoms with Gasteiger partial charge in [-0.1, -0.05) is 31.9 Å². The molecule has 94 valence electrons. The van der Waals surface area contributed by atoms with E-state index in [-0.39, 0.29) is 0 Å². The number of halogens is 1. The lowest BCUT2D eigenvalue weighted by Gasteiger charge is -2.31. The van der Waals surface area contributed by atoms with Crippen molar-refractivity contribution in [3.63, 3.8) is 0 Å². The van der Waals surface area contributed by atoms with Crippen LogP contribution in [0.1, 0.15) is 38.2 Å². The van der Waals surface area contributed by atoms with Crippen molar-refractivity contribution in [1.82, 2.24) is 4.90 Å². The fourth-order valence-corrected chi connectivity index (χ4v) is 3.05. The highest BCUT2D eigenvalue weighted by Gasteiger charge is 2.18. The van der Waals surface area contributed by atoms with Gasteiger partial charge in [-0.3, -0.25) is 4.90 Å². The molecule has 0 aromatic heterocycles. The minimum Gasteiger partial charge on any atom is -0.299 e. The van der Waals surface area contributed by atoms with Gasteiger partial charge < -0.3 is 0 Å². The van der Waals surface area contributed by atoms with Crippen molar-refractivity contribution in [3.8, 4) is 0 Å². The van der Waals surface area contributed by atoms with E-state index in [0.717, 1.165) is 12.5 Å². The first-order valence-corrected chi connectivity index (χ1v) is 7.82. The Morgan fingerprint density at radius 2 is 1.82 bits per heavy atom. The van der Waals surface area contributed by atoms with Crippen molar-refractivity contribution in [2.45, 2.75) is 39.2 Å². The lowest BCUT2D eigenvalue weighted by Crippen LogP contribution is -2.33. The smallest absolute Gasteiger partial charge is 0.0233 e. The van der Waals surface area contributed by atoms with Gasteiger partial charge in [0.1, 0.15) is 0 Å². The Morgan fingerprint density at radius 3 is 2.41 bits per heavy atom. The predicted octanol–water partition coefficient (Wildman–Crippen LogP) is 4.30. The Hall–Kier alpha value is -0.0900. The Balaban J connectivity index is 1.79. The molecule has 1 fully saturated rings. The van der Waals surface area contributed by atoms with Gasteiger partial charge in [-0.15, -0.1) is 0 Å². The second kappa shape index (κ2) is 6.74. The summed E-state index contributed by atoms with van der Waals surface area (Å²) in [6.07, 6.45) is 5.58. The van der Waals surface area contributed by atoms with E-state index >= 15 is 0 Å². The van der Waals surface area contributed by atoms with E-state index in [4.69, 9.17) is 0 Å². The van der Waals surface area contributed by atoms with Crippen LogP contribution in [-0.2, 0) is 6.54 Å². The Labute approximate surface area is 119 Å². The zero-order valence-electron chi connectivity index (χ0n) is 10.7. The number of likely N-dealkylation sites (tertiary alicyclic amines) is 1. The predicted molar refractivity (Wildman–Crippen MR) is 82.1 cm³/mol. The third-order valence-corrected chi connectivity index (χ3v) is 4.44. The van der Waals surface area contributed by atoms with Crippen molar-refractivity contribution in [1.29, 1.82) is 0 Å². The molecule has 0 N–H and O–H groups in total. The lowest BCUT2D eigenvalue weighted by molar-refractivity contribution is 0.172. The molecule has 0 atom stereocenters. The average Bonchev–Trinajstić information content (AvgIpc) is 2.35. The highest BCUT2D eigenvalue weighted by molar-refractivity contribution is 14.1. The molecule has 0 aliphatic carbocycles. The molecule has 0 amide bonds. The SMILES string of the molecule is CCCC1CCN(Cc2ccc(I)cc2)CC1. The minimum absolute atomic E-state index is 0.993. The number of piperidine rings is 1. The van der Waals surface area contributed by atoms with Crippen LogP contribution >= 0.6 is 22.6 Å². The molecule has 1 aliphatic heterocycles. The lowest BCUT2D eigenvalue weighted by atomic mass is 9.92. The molecule has 1 aromatic carbocycles. The minimum atomic E-state index is 0.993. The average molecular weight is 343 g/mol. The normalized spacial score (nSPS) is 18.5. The van der Waals surface area contributed by atoms with Gasteiger partial charge in [0.25, 0.3) is 0 Å². The number of benzene rings is 1. The molecule has 0 bridgehead atoms. The first-order chi connectivity index (χ1) is 8.28. The second-order valence-corrected chi connectivity index (χ2v) is 6.38. The summed E-state index contributed by atoms with van der Waals surface area (Å²) in [6, 6.07) is 8.94. The number of hydrogen-bond acceptors (Lipinski definition) is 1. The van der Waals surface area contributed by atoms with Gasteiger partial charge in [0.15, 0.2) is 0 Å². The van der Waals surface area contributed by atoms with E-state index in [1.807, 2.05) is 0 Å². The van der Waals surface area contributed by atoms with Gasteiger partial charge in [-0.2, -0.15) is 0 Å². The Kier molecular flexibility index (Phi) is 5.29. The van der Waals surface area contributed by atoms with Crippen molar-refractivity contribution < 1.29 is 0 Å². The van der Waals surface area contributed by atoms with Crippen LogP contribution in [-0.4, -0.2) is 18.0 Å². The van der Waals surface area contributed by atoms with Gasteiger partial charge in [-0.05, 0) is 72.1 Å². The van der Waals surface area contributed by atoms with Crippen LogP contribution in [0.4, 0.5) is 0 Å². The van der Waals surface area contributed by atoms with Gasteiger partial charge in [0, 0.05) is 10.1 Å². The molecule has 0 unspecified atom stereocenters. The maximum absolute atomic E-state index is 2.61. The molecule has 2 heteroatoms. The van der Waals surface area contributed by atoms with Gasteiger partial charge in [-0.25, -0.2) is 0 Å². The molecule has 0 radical (unpaired) electrons. The number of nitrogens with zero attached hydrogens (tertiary/aromatic N) is 1. The molecule has 17 heavy (non-hydrogen) atoms. The van der Waals surface area contributed by atoms with Crippen LogP contribution in [0.2, 0.25) is 0 Å². The van der Waals surface area contributed by atoms with Crippen LogP contribution in [0.3, 0.4) is 0 Å². The highest BCUT2D eigenvalue weighted by Crippen LogP contribution is 2.22. The Morgan fingerprint density at radius 1 is 1.18 bits per heavy atom. The third-order valence-electron chi connectivity index (χ3n) is 3.72. The third kappa shape index (κ3) is 4.25. The molecule has 2 rings (SSSR count). The summed E-state index contributed by atoms with van der Waals surface area (Å²) >= 11 is 2.37. The second-order valence-electron chi connectivity index (χ2n) is 5.13. The van der Waals surface area contributed by atoms with E-state index in [2.05, 4.69) is 58.7 Å². The molecular weight excluding hydrogens is 321 g/mol. The fourth-order valence-electron chi connectivity index (χ4n) is 2.69. The maximum Gasteiger partial charge on any atom is 0.0233 e. The molecule has 0 saturated carbocycles. The van der Waals surface area contributed by atoms with Crippen molar-refractivity contribution in [2.75, 3.05) is 13.1 Å². The summed E-state index contributed by atoms with van der Waals surface area (Å²) in [5.74, 6) is 0.993. The fraction of sp³-hybridized carbons (Fsp3) is 0.600. The quantitative estimate of drug-likeness (QED) is 0.737. The van der Waals surface area contributed by atoms with Gasteiger partial charge >= 0.3 is 0 Å². The van der Waals surface area contributed by atoms with Crippen LogP contribution in [0.5, 0.6) is 0 Å². The van der Waals surface area contributed by atoms with Crippen LogP contribution in [0.15, 0.2) is 24.3 Å². The van der Waals surface area contributed by atoms with E-state index in [9.17, 15) is 0 Å². The van der Waals surface area contributed by atoms with E-state index < -0.39 is 0 Å². The Bertz CT molecular complexity index is 325. The molecule has 1 heterocycles. The first kappa shape index (κ1) is 13.3. The van der Waals surface area contributed by atoms with Gasteiger partial charge in [0.05, 0.1) is 0 Å². The molecule has 1 aromatic rings. The maximum atomic E-state index is 2.61. The summed E-state index contributed by atoms with van der Waals surface area (Å²) < 4.78 is 1.33. The summed E-state index contributed by atoms with van der Waals surface area (Å²) in [5.41, 5.74) is 1.46. The zero-order chi connectivity index (χ0) is 12.1. The highest BCUT2D eigenvalue weighted by atomic mass is 127. The number of hydrogen-bond donors (Lipinski definition) is 0. The summed E-state index contributed by atoms with van der Waals surface area (Å²) in [5, 5.41) is 0. The number of rotatable bonds is 4. The molecule has 0 spiro atoms. The van der Waals surface area contributed by atoms with Crippen molar-refractivity contribution >= 4 is 22.6 Å². The van der Waals surface area contributed by atoms with Gasteiger partial charge in [0.2, 0.25) is 0 Å². The van der Waals surface area contributed by atoms with Crippen molar-refractivity contribution in [2.24, 2.45) is 5.92 Å². The van der Waals surface area contributed by atoms with E-state index in [1.54, 1.807) is 0 Å². The molecule has 1 nitrogen and oxygen atoms in total. The summed E-state index contributed by atoms with van der Waals surface area (Å²) in [6.45, 7) is 6.01. The summed E-state index contributed by atoms with van der Waals surface area (Å²) in [4.78, 5) is 2.61. The topological polar surface area (TPSA) is 3.24 Å². The van der Waals surface area contributed by atoms with Crippen LogP contribution in [0, 0.1) is 9.49 Å².